The van der Waals surface area contributed by atoms with E-state index in [-0.39, 0.29) is 5.95 Å². The fraction of sp³-hybridized carbons (Fsp3) is 0.267. The van der Waals surface area contributed by atoms with Crippen LogP contribution in [0.2, 0.25) is 0 Å². The average molecular weight is 334 g/mol. The number of aromatic nitrogens is 2. The van der Waals surface area contributed by atoms with Gasteiger partial charge in [-0.05, 0) is 0 Å². The number of rotatable bonds is 7. The topological polar surface area (TPSA) is 151 Å². The van der Waals surface area contributed by atoms with E-state index in [0.29, 0.717) is 5.69 Å². The maximum Gasteiger partial charge on any atom is 0.252 e. The van der Waals surface area contributed by atoms with Gasteiger partial charge in [-0.1, -0.05) is 30.3 Å². The first-order valence-corrected chi connectivity index (χ1v) is 7.12. The van der Waals surface area contributed by atoms with Crippen LogP contribution in [-0.2, 0) is 0 Å². The van der Waals surface area contributed by atoms with Crippen LogP contribution in [0.4, 0.5) is 5.95 Å². The van der Waals surface area contributed by atoms with Gasteiger partial charge in [0.15, 0.2) is 0 Å². The zero-order chi connectivity index (χ0) is 17.5. The lowest BCUT2D eigenvalue weighted by Crippen LogP contribution is -2.40. The van der Waals surface area contributed by atoms with Crippen molar-refractivity contribution in [1.29, 1.82) is 0 Å². The zero-order valence-corrected chi connectivity index (χ0v) is 12.6. The lowest BCUT2D eigenvalue weighted by atomic mass is 10.1. The van der Waals surface area contributed by atoms with Gasteiger partial charge in [-0.15, -0.1) is 0 Å². The second-order valence-corrected chi connectivity index (χ2v) is 4.97. The van der Waals surface area contributed by atoms with E-state index in [2.05, 4.69) is 20.5 Å². The third-order valence-corrected chi connectivity index (χ3v) is 3.14. The van der Waals surface area contributed by atoms with Gasteiger partial charge in [0, 0.05) is 11.6 Å². The molecule has 24 heavy (non-hydrogen) atoms. The molecular formula is C15H18N4O5. The quantitative estimate of drug-likeness (QED) is 0.278. The Kier molecular flexibility index (Phi) is 6.15. The van der Waals surface area contributed by atoms with Gasteiger partial charge in [0.05, 0.1) is 18.5 Å². The molecule has 9 heteroatoms. The number of H-pyrrole nitrogens is 1. The van der Waals surface area contributed by atoms with Crippen LogP contribution >= 0.6 is 0 Å². The summed E-state index contributed by atoms with van der Waals surface area (Å²) in [5, 5.41) is 40.6. The fourth-order valence-corrected chi connectivity index (χ4v) is 1.87. The van der Waals surface area contributed by atoms with Crippen LogP contribution in [0.1, 0.15) is 0 Å². The van der Waals surface area contributed by atoms with Crippen LogP contribution in [0, 0.1) is 0 Å². The minimum absolute atomic E-state index is 0.0435. The van der Waals surface area contributed by atoms with Crippen LogP contribution in [0.5, 0.6) is 0 Å². The molecule has 0 bridgehead atoms. The number of nitrogens with zero attached hydrogens (tertiary/aromatic N) is 2. The molecule has 1 heterocycles. The molecule has 0 aliphatic heterocycles. The van der Waals surface area contributed by atoms with Crippen molar-refractivity contribution < 1.29 is 20.4 Å². The molecule has 0 radical (unpaired) electrons. The van der Waals surface area contributed by atoms with Crippen LogP contribution in [0.3, 0.4) is 0 Å². The minimum atomic E-state index is -1.59. The van der Waals surface area contributed by atoms with Gasteiger partial charge in [0.2, 0.25) is 5.95 Å². The molecule has 0 amide bonds. The van der Waals surface area contributed by atoms with E-state index in [0.717, 1.165) is 11.8 Å². The molecule has 2 aromatic rings. The van der Waals surface area contributed by atoms with Crippen LogP contribution < -0.4 is 11.0 Å². The molecule has 0 fully saturated rings. The molecule has 3 atom stereocenters. The van der Waals surface area contributed by atoms with Crippen molar-refractivity contribution in [2.75, 3.05) is 12.0 Å². The second kappa shape index (κ2) is 8.31. The Morgan fingerprint density at radius 2 is 1.96 bits per heavy atom. The lowest BCUT2D eigenvalue weighted by Gasteiger charge is -2.17. The summed E-state index contributed by atoms with van der Waals surface area (Å²) in [5.74, 6) is 0.0435. The number of hydrazone groups is 1. The predicted octanol–water partition coefficient (Wildman–Crippen LogP) is -1.09. The second-order valence-electron chi connectivity index (χ2n) is 4.97. The van der Waals surface area contributed by atoms with Crippen molar-refractivity contribution >= 4 is 12.2 Å². The number of aliphatic hydroxyl groups excluding tert-OH is 4. The van der Waals surface area contributed by atoms with Gasteiger partial charge in [0.1, 0.15) is 18.3 Å². The highest BCUT2D eigenvalue weighted by Gasteiger charge is 2.22. The summed E-state index contributed by atoms with van der Waals surface area (Å²) >= 11 is 0. The third-order valence-electron chi connectivity index (χ3n) is 3.14. The molecule has 2 rings (SSSR count). The first-order chi connectivity index (χ1) is 11.5. The summed E-state index contributed by atoms with van der Waals surface area (Å²) in [6.07, 6.45) is -3.68. The molecular weight excluding hydrogens is 316 g/mol. The van der Waals surface area contributed by atoms with E-state index in [1.54, 1.807) is 12.1 Å². The molecule has 9 nitrogen and oxygen atoms in total. The van der Waals surface area contributed by atoms with Crippen LogP contribution in [0.15, 0.2) is 46.3 Å². The van der Waals surface area contributed by atoms with Crippen molar-refractivity contribution in [2.45, 2.75) is 18.3 Å². The third kappa shape index (κ3) is 4.70. The maximum absolute atomic E-state index is 11.7. The number of aliphatic hydroxyl groups is 4. The minimum Gasteiger partial charge on any atom is -0.394 e. The number of nitrogens with one attached hydrogen (secondary N) is 2. The molecule has 128 valence electrons. The Hall–Kier alpha value is -2.59. The Labute approximate surface area is 137 Å². The van der Waals surface area contributed by atoms with Gasteiger partial charge in [-0.3, -0.25) is 9.78 Å². The highest BCUT2D eigenvalue weighted by atomic mass is 16.4. The molecule has 0 aliphatic rings. The molecule has 0 saturated carbocycles. The Bertz CT molecular complexity index is 734. The zero-order valence-electron chi connectivity index (χ0n) is 12.6. The average Bonchev–Trinajstić information content (AvgIpc) is 2.60. The number of anilines is 1. The van der Waals surface area contributed by atoms with E-state index >= 15 is 0 Å². The van der Waals surface area contributed by atoms with Crippen molar-refractivity contribution in [1.82, 2.24) is 9.97 Å². The number of aromatic amines is 1. The van der Waals surface area contributed by atoms with Crippen LogP contribution in [0.25, 0.3) is 11.3 Å². The largest absolute Gasteiger partial charge is 0.394 e. The van der Waals surface area contributed by atoms with E-state index in [4.69, 9.17) is 5.11 Å². The standard InChI is InChI=1S/C15H18N4O5/c20-8-12(22)14(24)11(21)7-16-19-15-17-10(6-13(23)18-15)9-4-2-1-3-5-9/h1-7,11-12,14,20-22,24H,8H2,(H2,17,18,19,23)/b16-7+/t11-,12+,14+/m0/s1. The summed E-state index contributed by atoms with van der Waals surface area (Å²) in [7, 11) is 0. The Morgan fingerprint density at radius 1 is 1.25 bits per heavy atom. The van der Waals surface area contributed by atoms with Gasteiger partial charge in [-0.2, -0.15) is 5.10 Å². The number of benzene rings is 1. The monoisotopic (exact) mass is 334 g/mol. The van der Waals surface area contributed by atoms with Gasteiger partial charge in [0.25, 0.3) is 5.56 Å². The lowest BCUT2D eigenvalue weighted by molar-refractivity contribution is -0.0541. The molecule has 0 aliphatic carbocycles. The van der Waals surface area contributed by atoms with Gasteiger partial charge < -0.3 is 20.4 Å². The Morgan fingerprint density at radius 3 is 2.62 bits per heavy atom. The highest BCUT2D eigenvalue weighted by molar-refractivity contribution is 5.65. The highest BCUT2D eigenvalue weighted by Crippen LogP contribution is 2.15. The predicted molar refractivity (Wildman–Crippen MR) is 87.5 cm³/mol. The van der Waals surface area contributed by atoms with Crippen molar-refractivity contribution in [3.05, 3.63) is 46.8 Å². The smallest absolute Gasteiger partial charge is 0.252 e. The molecule has 0 spiro atoms. The van der Waals surface area contributed by atoms with Crippen molar-refractivity contribution in [2.24, 2.45) is 5.10 Å². The number of hydrogen-bond donors (Lipinski definition) is 6. The molecule has 1 aromatic carbocycles. The summed E-state index contributed by atoms with van der Waals surface area (Å²) in [6.45, 7) is -0.701. The first kappa shape index (κ1) is 17.8. The van der Waals surface area contributed by atoms with E-state index in [1.807, 2.05) is 18.2 Å². The molecule has 6 N–H and O–H groups in total. The summed E-state index contributed by atoms with van der Waals surface area (Å²) < 4.78 is 0. The van der Waals surface area contributed by atoms with Gasteiger partial charge >= 0.3 is 0 Å². The van der Waals surface area contributed by atoms with E-state index < -0.39 is 30.5 Å². The maximum atomic E-state index is 11.7. The van der Waals surface area contributed by atoms with Gasteiger partial charge in [-0.25, -0.2) is 10.4 Å². The summed E-state index contributed by atoms with van der Waals surface area (Å²) in [4.78, 5) is 18.3. The number of hydrogen-bond acceptors (Lipinski definition) is 8. The van der Waals surface area contributed by atoms with Crippen molar-refractivity contribution in [3.63, 3.8) is 0 Å². The SMILES string of the molecule is O=c1cc(-c2ccccc2)nc(N/N=C/[C@H](O)[C@@H](O)[C@H](O)CO)[nH]1. The molecule has 1 aromatic heterocycles. The van der Waals surface area contributed by atoms with Crippen molar-refractivity contribution in [3.8, 4) is 11.3 Å². The summed E-state index contributed by atoms with van der Waals surface area (Å²) in [5.41, 5.74) is 3.22. The summed E-state index contributed by atoms with van der Waals surface area (Å²) in [6, 6.07) is 10.4. The molecule has 0 saturated heterocycles. The normalized spacial score (nSPS) is 15.2. The van der Waals surface area contributed by atoms with E-state index in [1.165, 1.54) is 6.07 Å². The van der Waals surface area contributed by atoms with E-state index in [9.17, 15) is 20.1 Å². The van der Waals surface area contributed by atoms with Crippen LogP contribution in [-0.4, -0.2) is 61.5 Å². The molecule has 0 unspecified atom stereocenters. The fourth-order valence-electron chi connectivity index (χ4n) is 1.87. The Balaban J connectivity index is 2.09. The first-order valence-electron chi connectivity index (χ1n) is 7.12.